The number of hydrogen-bond donors (Lipinski definition) is 0. The van der Waals surface area contributed by atoms with Gasteiger partial charge in [-0.3, -0.25) is 4.68 Å². The first-order chi connectivity index (χ1) is 7.61. The molecule has 2 aromatic heterocycles. The Balaban J connectivity index is 2.52. The van der Waals surface area contributed by atoms with Crippen LogP contribution in [0.5, 0.6) is 0 Å². The molecule has 0 N–H and O–H groups in total. The summed E-state index contributed by atoms with van der Waals surface area (Å²) in [7, 11) is 1.86. The van der Waals surface area contributed by atoms with E-state index in [0.29, 0.717) is 11.0 Å². The predicted octanol–water partition coefficient (Wildman–Crippen LogP) is 2.40. The summed E-state index contributed by atoms with van der Waals surface area (Å²) in [5.74, 6) is 0.584. The van der Waals surface area contributed by atoms with E-state index in [1.165, 1.54) is 0 Å². The largest absolute Gasteiger partial charge is 0.275 e. The van der Waals surface area contributed by atoms with Crippen molar-refractivity contribution in [2.45, 2.75) is 20.3 Å². The van der Waals surface area contributed by atoms with E-state index >= 15 is 0 Å². The Morgan fingerprint density at radius 1 is 1.38 bits per heavy atom. The molecule has 0 amide bonds. The van der Waals surface area contributed by atoms with E-state index in [4.69, 9.17) is 11.6 Å². The quantitative estimate of drug-likeness (QED) is 0.752. The zero-order chi connectivity index (χ0) is 11.7. The molecular weight excluding hydrogens is 224 g/mol. The van der Waals surface area contributed by atoms with Crippen LogP contribution in [0.25, 0.3) is 11.5 Å². The lowest BCUT2D eigenvalue weighted by molar-refractivity contribution is 0.768. The van der Waals surface area contributed by atoms with Gasteiger partial charge in [-0.2, -0.15) is 5.10 Å². The number of aryl methyl sites for hydroxylation is 2. The monoisotopic (exact) mass is 236 g/mol. The summed E-state index contributed by atoms with van der Waals surface area (Å²) in [5, 5.41) is 4.78. The maximum atomic E-state index is 6.11. The van der Waals surface area contributed by atoms with Crippen molar-refractivity contribution >= 4 is 11.6 Å². The van der Waals surface area contributed by atoms with Crippen molar-refractivity contribution in [1.29, 1.82) is 0 Å². The summed E-state index contributed by atoms with van der Waals surface area (Å²) in [5.41, 5.74) is 2.67. The summed E-state index contributed by atoms with van der Waals surface area (Å²) in [4.78, 5) is 8.68. The lowest BCUT2D eigenvalue weighted by atomic mass is 10.2. The minimum absolute atomic E-state index is 0.524. The fraction of sp³-hybridized carbons (Fsp3) is 0.364. The fourth-order valence-corrected chi connectivity index (χ4v) is 1.96. The van der Waals surface area contributed by atoms with E-state index in [1.807, 2.05) is 33.2 Å². The molecule has 0 aliphatic heterocycles. The van der Waals surface area contributed by atoms with E-state index in [9.17, 15) is 0 Å². The molecule has 0 saturated carbocycles. The molecule has 16 heavy (non-hydrogen) atoms. The Bertz CT molecular complexity index is 495. The molecule has 0 saturated heterocycles. The van der Waals surface area contributed by atoms with Crippen LogP contribution in [0, 0.1) is 6.92 Å². The second-order valence-corrected chi connectivity index (χ2v) is 3.99. The van der Waals surface area contributed by atoms with Crippen LogP contribution in [0.15, 0.2) is 12.3 Å². The van der Waals surface area contributed by atoms with Crippen LogP contribution in [0.1, 0.15) is 18.2 Å². The third kappa shape index (κ3) is 1.93. The number of hydrogen-bond acceptors (Lipinski definition) is 3. The summed E-state index contributed by atoms with van der Waals surface area (Å²) >= 11 is 6.11. The average molecular weight is 237 g/mol. The van der Waals surface area contributed by atoms with Crippen LogP contribution in [0.3, 0.4) is 0 Å². The molecule has 0 radical (unpaired) electrons. The third-order valence-corrected chi connectivity index (χ3v) is 2.77. The van der Waals surface area contributed by atoms with Crippen molar-refractivity contribution in [2.75, 3.05) is 0 Å². The Morgan fingerprint density at radius 3 is 2.62 bits per heavy atom. The van der Waals surface area contributed by atoms with Gasteiger partial charge in [0.25, 0.3) is 0 Å². The van der Waals surface area contributed by atoms with Crippen LogP contribution < -0.4 is 0 Å². The molecule has 5 heteroatoms. The molecule has 0 bridgehead atoms. The fourth-order valence-electron chi connectivity index (χ4n) is 1.61. The molecule has 0 fully saturated rings. The molecule has 2 aromatic rings. The standard InChI is InChI=1S/C11H13ClN4/c1-4-8-7(2)13-11(14-10(8)12)9-5-6-16(3)15-9/h5-6H,4H2,1-3H3. The molecular formula is C11H13ClN4. The summed E-state index contributed by atoms with van der Waals surface area (Å²) < 4.78 is 1.72. The van der Waals surface area contributed by atoms with Crippen LogP contribution in [0.2, 0.25) is 5.15 Å². The van der Waals surface area contributed by atoms with Gasteiger partial charge in [-0.1, -0.05) is 18.5 Å². The number of nitrogens with zero attached hydrogens (tertiary/aromatic N) is 4. The van der Waals surface area contributed by atoms with Crippen LogP contribution in [-0.2, 0) is 13.5 Å². The highest BCUT2D eigenvalue weighted by Gasteiger charge is 2.11. The van der Waals surface area contributed by atoms with Gasteiger partial charge in [-0.25, -0.2) is 9.97 Å². The Morgan fingerprint density at radius 2 is 2.12 bits per heavy atom. The molecule has 0 aliphatic carbocycles. The number of aromatic nitrogens is 4. The smallest absolute Gasteiger partial charge is 0.181 e. The van der Waals surface area contributed by atoms with Crippen LogP contribution >= 0.6 is 11.6 Å². The van der Waals surface area contributed by atoms with Crippen molar-refractivity contribution in [1.82, 2.24) is 19.7 Å². The lowest BCUT2D eigenvalue weighted by Gasteiger charge is -2.05. The molecule has 2 rings (SSSR count). The Kier molecular flexibility index (Phi) is 2.92. The van der Waals surface area contributed by atoms with Gasteiger partial charge in [0, 0.05) is 24.5 Å². The van der Waals surface area contributed by atoms with Crippen molar-refractivity contribution in [3.05, 3.63) is 28.7 Å². The molecule has 4 nitrogen and oxygen atoms in total. The molecule has 2 heterocycles. The highest BCUT2D eigenvalue weighted by atomic mass is 35.5. The van der Waals surface area contributed by atoms with Gasteiger partial charge in [0.15, 0.2) is 5.82 Å². The minimum atomic E-state index is 0.524. The highest BCUT2D eigenvalue weighted by molar-refractivity contribution is 6.30. The predicted molar refractivity (Wildman–Crippen MR) is 63.4 cm³/mol. The van der Waals surface area contributed by atoms with Crippen molar-refractivity contribution < 1.29 is 0 Å². The summed E-state index contributed by atoms with van der Waals surface area (Å²) in [6.45, 7) is 3.98. The van der Waals surface area contributed by atoms with E-state index in [2.05, 4.69) is 15.1 Å². The van der Waals surface area contributed by atoms with Crippen LogP contribution in [-0.4, -0.2) is 19.7 Å². The zero-order valence-corrected chi connectivity index (χ0v) is 10.3. The van der Waals surface area contributed by atoms with Gasteiger partial charge in [-0.05, 0) is 19.4 Å². The topological polar surface area (TPSA) is 43.6 Å². The maximum Gasteiger partial charge on any atom is 0.181 e. The maximum absolute atomic E-state index is 6.11. The molecule has 0 atom stereocenters. The van der Waals surface area contributed by atoms with Crippen molar-refractivity contribution in [3.8, 4) is 11.5 Å². The Labute approximate surface area is 99.3 Å². The minimum Gasteiger partial charge on any atom is -0.275 e. The molecule has 84 valence electrons. The Hall–Kier alpha value is -1.42. The first-order valence-electron chi connectivity index (χ1n) is 5.15. The van der Waals surface area contributed by atoms with Crippen molar-refractivity contribution in [2.24, 2.45) is 7.05 Å². The van der Waals surface area contributed by atoms with Gasteiger partial charge in [0.2, 0.25) is 0 Å². The van der Waals surface area contributed by atoms with E-state index in [-0.39, 0.29) is 0 Å². The van der Waals surface area contributed by atoms with Crippen molar-refractivity contribution in [3.63, 3.8) is 0 Å². The second kappa shape index (κ2) is 4.22. The lowest BCUT2D eigenvalue weighted by Crippen LogP contribution is -2.00. The van der Waals surface area contributed by atoms with E-state index in [1.54, 1.807) is 4.68 Å². The van der Waals surface area contributed by atoms with Crippen LogP contribution in [0.4, 0.5) is 0 Å². The van der Waals surface area contributed by atoms with E-state index < -0.39 is 0 Å². The molecule has 0 unspecified atom stereocenters. The first kappa shape index (κ1) is 11.1. The normalized spacial score (nSPS) is 10.8. The van der Waals surface area contributed by atoms with Gasteiger partial charge in [0.1, 0.15) is 10.8 Å². The third-order valence-electron chi connectivity index (χ3n) is 2.46. The number of halogens is 1. The summed E-state index contributed by atoms with van der Waals surface area (Å²) in [6, 6.07) is 1.87. The van der Waals surface area contributed by atoms with E-state index in [0.717, 1.165) is 23.4 Å². The van der Waals surface area contributed by atoms with Gasteiger partial charge < -0.3 is 0 Å². The SMILES string of the molecule is CCc1c(C)nc(-c2ccn(C)n2)nc1Cl. The molecule has 0 spiro atoms. The highest BCUT2D eigenvalue weighted by Crippen LogP contribution is 2.21. The second-order valence-electron chi connectivity index (χ2n) is 3.63. The first-order valence-corrected chi connectivity index (χ1v) is 5.52. The zero-order valence-electron chi connectivity index (χ0n) is 9.53. The van der Waals surface area contributed by atoms with Gasteiger partial charge in [0.05, 0.1) is 0 Å². The summed E-state index contributed by atoms with van der Waals surface area (Å²) in [6.07, 6.45) is 2.70. The molecule has 0 aliphatic rings. The van der Waals surface area contributed by atoms with Gasteiger partial charge >= 0.3 is 0 Å². The number of rotatable bonds is 2. The van der Waals surface area contributed by atoms with Gasteiger partial charge in [-0.15, -0.1) is 0 Å². The average Bonchev–Trinajstić information content (AvgIpc) is 2.64. The molecule has 0 aromatic carbocycles.